The number of carbonyl (C=O) groups is 1. The first-order valence-electron chi connectivity index (χ1n) is 10.6. The zero-order valence-corrected chi connectivity index (χ0v) is 19.1. The minimum atomic E-state index is -0.448. The second-order valence-corrected chi connectivity index (χ2v) is 8.61. The number of hydrogen-bond acceptors (Lipinski definition) is 8. The lowest BCUT2D eigenvalue weighted by atomic mass is 10.2. The summed E-state index contributed by atoms with van der Waals surface area (Å²) >= 11 is 1.68. The van der Waals surface area contributed by atoms with Crippen LogP contribution in [-0.4, -0.2) is 67.1 Å². The fourth-order valence-corrected chi connectivity index (χ4v) is 4.68. The van der Waals surface area contributed by atoms with Gasteiger partial charge in [0.1, 0.15) is 11.3 Å². The highest BCUT2D eigenvalue weighted by Gasteiger charge is 2.20. The Morgan fingerprint density at radius 2 is 1.97 bits per heavy atom. The van der Waals surface area contributed by atoms with Crippen LogP contribution in [0.15, 0.2) is 48.5 Å². The van der Waals surface area contributed by atoms with E-state index in [4.69, 9.17) is 9.72 Å². The molecule has 0 saturated carbocycles. The van der Waals surface area contributed by atoms with E-state index >= 15 is 0 Å². The topological polar surface area (TPSA) is 101 Å². The Morgan fingerprint density at radius 3 is 2.67 bits per heavy atom. The Balaban J connectivity index is 1.20. The monoisotopic (exact) mass is 467 g/mol. The van der Waals surface area contributed by atoms with Crippen LogP contribution in [0.2, 0.25) is 0 Å². The van der Waals surface area contributed by atoms with E-state index in [9.17, 15) is 14.9 Å². The fraction of sp³-hybridized carbons (Fsp3) is 0.304. The standard InChI is InChI=1S/C23H25N5O4S/c1-32-19-3-2-4-20-22(19)25-23(33-20)27-15-13-26(14-16-27)12-11-24-21(29)10-7-17-5-8-18(9-6-17)28(30)31/h2-10H,11-16H2,1H3,(H,24,29)/b10-7-. The lowest BCUT2D eigenvalue weighted by Gasteiger charge is -2.34. The van der Waals surface area contributed by atoms with Gasteiger partial charge in [0.15, 0.2) is 5.13 Å². The average molecular weight is 468 g/mol. The number of piperazine rings is 1. The minimum absolute atomic E-state index is 0.0274. The van der Waals surface area contributed by atoms with Crippen molar-refractivity contribution >= 4 is 44.4 Å². The first-order chi connectivity index (χ1) is 16.0. The molecule has 1 N–H and O–H groups in total. The SMILES string of the molecule is COc1cccc2sc(N3CCN(CCNC(=O)/C=C\c4ccc([N+](=O)[O-])cc4)CC3)nc12. The summed E-state index contributed by atoms with van der Waals surface area (Å²) in [5.74, 6) is 0.613. The molecule has 1 saturated heterocycles. The molecule has 0 radical (unpaired) electrons. The molecule has 1 fully saturated rings. The zero-order valence-electron chi connectivity index (χ0n) is 18.3. The van der Waals surface area contributed by atoms with Gasteiger partial charge in [-0.1, -0.05) is 17.4 Å². The Hall–Kier alpha value is -3.50. The Morgan fingerprint density at radius 1 is 1.21 bits per heavy atom. The van der Waals surface area contributed by atoms with Gasteiger partial charge in [0.05, 0.1) is 16.7 Å². The summed E-state index contributed by atoms with van der Waals surface area (Å²) in [7, 11) is 1.66. The van der Waals surface area contributed by atoms with Crippen LogP contribution in [0.5, 0.6) is 5.75 Å². The zero-order chi connectivity index (χ0) is 23.2. The summed E-state index contributed by atoms with van der Waals surface area (Å²) in [4.78, 5) is 31.7. The summed E-state index contributed by atoms with van der Waals surface area (Å²) in [5.41, 5.74) is 1.67. The summed E-state index contributed by atoms with van der Waals surface area (Å²) < 4.78 is 6.54. The quantitative estimate of drug-likeness (QED) is 0.308. The molecule has 1 aliphatic heterocycles. The van der Waals surface area contributed by atoms with E-state index in [1.807, 2.05) is 12.1 Å². The highest BCUT2D eigenvalue weighted by Crippen LogP contribution is 2.34. The van der Waals surface area contributed by atoms with Crippen LogP contribution >= 0.6 is 11.3 Å². The van der Waals surface area contributed by atoms with E-state index in [1.165, 1.54) is 18.2 Å². The van der Waals surface area contributed by atoms with Crippen LogP contribution in [0, 0.1) is 10.1 Å². The van der Waals surface area contributed by atoms with Crippen molar-refractivity contribution in [3.05, 3.63) is 64.2 Å². The molecule has 0 atom stereocenters. The number of anilines is 1. The predicted molar refractivity (Wildman–Crippen MR) is 130 cm³/mol. The van der Waals surface area contributed by atoms with Crippen molar-refractivity contribution in [1.29, 1.82) is 0 Å². The number of aromatic nitrogens is 1. The first kappa shape index (κ1) is 22.7. The van der Waals surface area contributed by atoms with E-state index in [1.54, 1.807) is 36.7 Å². The number of rotatable bonds is 8. The molecule has 0 unspecified atom stereocenters. The Kier molecular flexibility index (Phi) is 7.16. The Bertz CT molecular complexity index is 1150. The van der Waals surface area contributed by atoms with Gasteiger partial charge >= 0.3 is 0 Å². The van der Waals surface area contributed by atoms with Crippen LogP contribution in [-0.2, 0) is 4.79 Å². The fourth-order valence-electron chi connectivity index (χ4n) is 3.65. The molecule has 3 aromatic rings. The van der Waals surface area contributed by atoms with E-state index in [0.29, 0.717) is 6.54 Å². The Labute approximate surface area is 195 Å². The van der Waals surface area contributed by atoms with Gasteiger partial charge in [-0.25, -0.2) is 4.98 Å². The number of hydrogen-bond donors (Lipinski definition) is 1. The van der Waals surface area contributed by atoms with Crippen LogP contribution in [0.1, 0.15) is 5.56 Å². The molecule has 9 nitrogen and oxygen atoms in total. The number of para-hydroxylation sites is 1. The minimum Gasteiger partial charge on any atom is -0.494 e. The molecule has 172 valence electrons. The number of methoxy groups -OCH3 is 1. The van der Waals surface area contributed by atoms with E-state index < -0.39 is 4.92 Å². The van der Waals surface area contributed by atoms with E-state index in [2.05, 4.69) is 21.2 Å². The van der Waals surface area contributed by atoms with Gasteiger partial charge in [-0.05, 0) is 35.9 Å². The third kappa shape index (κ3) is 5.65. The molecule has 2 heterocycles. The number of ether oxygens (including phenoxy) is 1. The van der Waals surface area contributed by atoms with Crippen molar-refractivity contribution < 1.29 is 14.5 Å². The van der Waals surface area contributed by atoms with Crippen LogP contribution in [0.3, 0.4) is 0 Å². The van der Waals surface area contributed by atoms with Crippen molar-refractivity contribution in [3.8, 4) is 5.75 Å². The number of fused-ring (bicyclic) bond motifs is 1. The van der Waals surface area contributed by atoms with Gasteiger partial charge in [-0.15, -0.1) is 0 Å². The van der Waals surface area contributed by atoms with Crippen molar-refractivity contribution in [2.45, 2.75) is 0 Å². The van der Waals surface area contributed by atoms with Crippen LogP contribution in [0.25, 0.3) is 16.3 Å². The van der Waals surface area contributed by atoms with Crippen molar-refractivity contribution in [2.75, 3.05) is 51.3 Å². The third-order valence-corrected chi connectivity index (χ3v) is 6.57. The van der Waals surface area contributed by atoms with Gasteiger partial charge < -0.3 is 15.0 Å². The van der Waals surface area contributed by atoms with Gasteiger partial charge in [-0.2, -0.15) is 0 Å². The normalized spacial score (nSPS) is 14.6. The number of nitro groups is 1. The van der Waals surface area contributed by atoms with Gasteiger partial charge in [0, 0.05) is 57.5 Å². The maximum absolute atomic E-state index is 12.1. The molecular formula is C23H25N5O4S. The molecule has 10 heteroatoms. The molecule has 4 rings (SSSR count). The molecular weight excluding hydrogens is 442 g/mol. The third-order valence-electron chi connectivity index (χ3n) is 5.49. The first-order valence-corrected chi connectivity index (χ1v) is 11.5. The maximum atomic E-state index is 12.1. The highest BCUT2D eigenvalue weighted by atomic mass is 32.1. The van der Waals surface area contributed by atoms with Crippen LogP contribution in [0.4, 0.5) is 10.8 Å². The average Bonchev–Trinajstić information content (AvgIpc) is 3.28. The molecule has 0 bridgehead atoms. The van der Waals surface area contributed by atoms with Gasteiger partial charge in [-0.3, -0.25) is 19.8 Å². The molecule has 1 aromatic heterocycles. The predicted octanol–water partition coefficient (Wildman–Crippen LogP) is 3.16. The molecule has 0 aliphatic carbocycles. The molecule has 1 amide bonds. The second-order valence-electron chi connectivity index (χ2n) is 7.61. The van der Waals surface area contributed by atoms with Crippen LogP contribution < -0.4 is 15.0 Å². The number of carbonyl (C=O) groups excluding carboxylic acids is 1. The van der Waals surface area contributed by atoms with Crippen molar-refractivity contribution in [3.63, 3.8) is 0 Å². The number of amides is 1. The molecule has 2 aromatic carbocycles. The number of nitro benzene ring substituents is 1. The number of nitrogens with one attached hydrogen (secondary N) is 1. The molecule has 33 heavy (non-hydrogen) atoms. The summed E-state index contributed by atoms with van der Waals surface area (Å²) in [6, 6.07) is 12.0. The van der Waals surface area contributed by atoms with E-state index in [-0.39, 0.29) is 11.6 Å². The smallest absolute Gasteiger partial charge is 0.269 e. The maximum Gasteiger partial charge on any atom is 0.269 e. The summed E-state index contributed by atoms with van der Waals surface area (Å²) in [6.07, 6.45) is 3.09. The highest BCUT2D eigenvalue weighted by molar-refractivity contribution is 7.22. The number of thiazole rings is 1. The molecule has 0 spiro atoms. The lowest BCUT2D eigenvalue weighted by molar-refractivity contribution is -0.384. The van der Waals surface area contributed by atoms with E-state index in [0.717, 1.165) is 59.4 Å². The van der Waals surface area contributed by atoms with Crippen molar-refractivity contribution in [2.24, 2.45) is 0 Å². The van der Waals surface area contributed by atoms with Gasteiger partial charge in [0.25, 0.3) is 5.69 Å². The number of non-ortho nitro benzene ring substituents is 1. The number of nitrogens with zero attached hydrogens (tertiary/aromatic N) is 4. The van der Waals surface area contributed by atoms with Gasteiger partial charge in [0.2, 0.25) is 5.91 Å². The lowest BCUT2D eigenvalue weighted by Crippen LogP contribution is -2.48. The van der Waals surface area contributed by atoms with Crippen molar-refractivity contribution in [1.82, 2.24) is 15.2 Å². The largest absolute Gasteiger partial charge is 0.494 e. The summed E-state index contributed by atoms with van der Waals surface area (Å²) in [6.45, 7) is 4.91. The molecule has 1 aliphatic rings. The number of benzene rings is 2. The summed E-state index contributed by atoms with van der Waals surface area (Å²) in [5, 5.41) is 14.6. The second kappa shape index (κ2) is 10.4.